The monoisotopic (exact) mass is 256 g/mol. The number of aliphatic hydroxyl groups excluding tert-OH is 1. The van der Waals surface area contributed by atoms with Gasteiger partial charge >= 0.3 is 0 Å². The van der Waals surface area contributed by atoms with Gasteiger partial charge in [-0.05, 0) is 12.1 Å². The van der Waals surface area contributed by atoms with Crippen LogP contribution >= 0.6 is 0 Å². The smallest absolute Gasteiger partial charge is 0.239 e. The average molecular weight is 256 g/mol. The summed E-state index contributed by atoms with van der Waals surface area (Å²) < 4.78 is 26.2. The first-order valence-electron chi connectivity index (χ1n) is 5.21. The molecule has 3 N–H and O–H groups in total. The number of β-amino-alcohol motifs (C(OH)–C–C–N with tert-alkyl or cyclic N) is 1. The zero-order chi connectivity index (χ0) is 13.3. The molecule has 1 aromatic rings. The van der Waals surface area contributed by atoms with Crippen molar-refractivity contribution in [2.24, 2.45) is 5.92 Å². The van der Waals surface area contributed by atoms with Crippen LogP contribution in [0.25, 0.3) is 0 Å². The van der Waals surface area contributed by atoms with E-state index < -0.39 is 35.5 Å². The summed E-state index contributed by atoms with van der Waals surface area (Å²) in [6.07, 6.45) is -1.17. The highest BCUT2D eigenvalue weighted by Crippen LogP contribution is 2.19. The van der Waals surface area contributed by atoms with E-state index >= 15 is 0 Å². The molecule has 2 rings (SSSR count). The fourth-order valence-electron chi connectivity index (χ4n) is 1.71. The lowest BCUT2D eigenvalue weighted by atomic mass is 10.0. The molecular weight excluding hydrogens is 246 g/mol. The quantitative estimate of drug-likeness (QED) is 0.652. The van der Waals surface area contributed by atoms with Gasteiger partial charge in [0.15, 0.2) is 11.6 Å². The molecule has 0 spiro atoms. The molecule has 0 aliphatic carbocycles. The van der Waals surface area contributed by atoms with Crippen molar-refractivity contribution in [2.75, 3.05) is 11.9 Å². The Balaban J connectivity index is 2.16. The van der Waals surface area contributed by atoms with E-state index in [1.54, 1.807) is 0 Å². The highest BCUT2D eigenvalue weighted by atomic mass is 19.2. The maximum atomic E-state index is 13.3. The third-order valence-corrected chi connectivity index (χ3v) is 2.64. The summed E-state index contributed by atoms with van der Waals surface area (Å²) in [6.45, 7) is -0.0391. The standard InChI is InChI=1S/C11H10F2N2O3/c12-5-2-1-3-6(9(5)13)15-11(18)8-7(16)4-14-10(8)17/h1-3,7-8,16H,4H2,(H,14,17)(H,15,18). The van der Waals surface area contributed by atoms with Crippen molar-refractivity contribution in [2.45, 2.75) is 6.10 Å². The van der Waals surface area contributed by atoms with Crippen LogP contribution in [-0.4, -0.2) is 29.6 Å². The topological polar surface area (TPSA) is 78.4 Å². The molecule has 1 aromatic carbocycles. The van der Waals surface area contributed by atoms with Crippen LogP contribution in [0, 0.1) is 17.6 Å². The van der Waals surface area contributed by atoms with Crippen molar-refractivity contribution >= 4 is 17.5 Å². The minimum absolute atomic E-state index is 0.0391. The highest BCUT2D eigenvalue weighted by Gasteiger charge is 2.39. The Morgan fingerprint density at radius 2 is 2.17 bits per heavy atom. The van der Waals surface area contributed by atoms with Crippen molar-refractivity contribution < 1.29 is 23.5 Å². The molecule has 0 saturated carbocycles. The van der Waals surface area contributed by atoms with E-state index in [1.165, 1.54) is 6.07 Å². The van der Waals surface area contributed by atoms with E-state index in [0.29, 0.717) is 0 Å². The second-order valence-electron chi connectivity index (χ2n) is 3.88. The number of nitrogens with one attached hydrogen (secondary N) is 2. The van der Waals surface area contributed by atoms with E-state index in [1.807, 2.05) is 0 Å². The summed E-state index contributed by atoms with van der Waals surface area (Å²) >= 11 is 0. The lowest BCUT2D eigenvalue weighted by molar-refractivity contribution is -0.132. The minimum atomic E-state index is -1.31. The van der Waals surface area contributed by atoms with Crippen LogP contribution in [0.5, 0.6) is 0 Å². The van der Waals surface area contributed by atoms with Gasteiger partial charge in [0.1, 0.15) is 5.92 Å². The predicted octanol–water partition coefficient (Wildman–Crippen LogP) is 0.0102. The van der Waals surface area contributed by atoms with Crippen molar-refractivity contribution in [3.05, 3.63) is 29.8 Å². The Morgan fingerprint density at radius 1 is 1.44 bits per heavy atom. The Kier molecular flexibility index (Phi) is 3.24. The predicted molar refractivity (Wildman–Crippen MR) is 57.5 cm³/mol. The molecule has 1 heterocycles. The summed E-state index contributed by atoms with van der Waals surface area (Å²) in [4.78, 5) is 22.9. The fourth-order valence-corrected chi connectivity index (χ4v) is 1.71. The van der Waals surface area contributed by atoms with Gasteiger partial charge < -0.3 is 15.7 Å². The summed E-state index contributed by atoms with van der Waals surface area (Å²) in [5.74, 6) is -5.14. The third-order valence-electron chi connectivity index (χ3n) is 2.64. The first-order chi connectivity index (χ1) is 8.50. The van der Waals surface area contributed by atoms with E-state index in [2.05, 4.69) is 10.6 Å². The number of aliphatic hydroxyl groups is 1. The lowest BCUT2D eigenvalue weighted by Gasteiger charge is -2.12. The number of hydrogen-bond acceptors (Lipinski definition) is 3. The number of hydrogen-bond donors (Lipinski definition) is 3. The summed E-state index contributed by atoms with van der Waals surface area (Å²) in [5.41, 5.74) is -0.369. The summed E-state index contributed by atoms with van der Waals surface area (Å²) in [7, 11) is 0. The van der Waals surface area contributed by atoms with Gasteiger partial charge in [-0.2, -0.15) is 0 Å². The van der Waals surface area contributed by atoms with Crippen LogP contribution in [0.15, 0.2) is 18.2 Å². The van der Waals surface area contributed by atoms with Crippen LogP contribution in [0.3, 0.4) is 0 Å². The number of halogens is 2. The molecule has 7 heteroatoms. The Labute approximate surface area is 101 Å². The van der Waals surface area contributed by atoms with Crippen molar-refractivity contribution in [3.63, 3.8) is 0 Å². The zero-order valence-electron chi connectivity index (χ0n) is 9.11. The van der Waals surface area contributed by atoms with Crippen molar-refractivity contribution in [1.82, 2.24) is 5.32 Å². The normalized spacial score (nSPS) is 22.7. The highest BCUT2D eigenvalue weighted by molar-refractivity contribution is 6.08. The largest absolute Gasteiger partial charge is 0.390 e. The molecule has 18 heavy (non-hydrogen) atoms. The molecule has 1 saturated heterocycles. The summed E-state index contributed by atoms with van der Waals surface area (Å²) in [6, 6.07) is 3.29. The van der Waals surface area contributed by atoms with E-state index in [-0.39, 0.29) is 12.2 Å². The maximum absolute atomic E-state index is 13.3. The fraction of sp³-hybridized carbons (Fsp3) is 0.273. The van der Waals surface area contributed by atoms with Gasteiger partial charge in [-0.15, -0.1) is 0 Å². The van der Waals surface area contributed by atoms with E-state index in [4.69, 9.17) is 0 Å². The third kappa shape index (κ3) is 2.17. The number of amides is 2. The molecule has 1 aliphatic heterocycles. The number of benzene rings is 1. The number of carbonyl (C=O) groups is 2. The maximum Gasteiger partial charge on any atom is 0.239 e. The van der Waals surface area contributed by atoms with Crippen LogP contribution < -0.4 is 10.6 Å². The molecule has 5 nitrogen and oxygen atoms in total. The first-order valence-corrected chi connectivity index (χ1v) is 5.21. The molecule has 2 atom stereocenters. The van der Waals surface area contributed by atoms with Crippen LogP contribution in [0.1, 0.15) is 0 Å². The molecule has 1 fully saturated rings. The van der Waals surface area contributed by atoms with Gasteiger partial charge in [-0.3, -0.25) is 9.59 Å². The lowest BCUT2D eigenvalue weighted by Crippen LogP contribution is -2.35. The van der Waals surface area contributed by atoms with Crippen LogP contribution in [-0.2, 0) is 9.59 Å². The van der Waals surface area contributed by atoms with Crippen LogP contribution in [0.2, 0.25) is 0 Å². The Morgan fingerprint density at radius 3 is 2.78 bits per heavy atom. The molecule has 1 aliphatic rings. The van der Waals surface area contributed by atoms with Gasteiger partial charge in [-0.1, -0.05) is 6.07 Å². The molecular formula is C11H10F2N2O3. The second kappa shape index (κ2) is 4.69. The Hall–Kier alpha value is -2.02. The molecule has 2 unspecified atom stereocenters. The van der Waals surface area contributed by atoms with Gasteiger partial charge in [0.25, 0.3) is 0 Å². The number of anilines is 1. The van der Waals surface area contributed by atoms with Gasteiger partial charge in [0.05, 0.1) is 11.8 Å². The number of rotatable bonds is 2. The van der Waals surface area contributed by atoms with Crippen LogP contribution in [0.4, 0.5) is 14.5 Å². The number of carbonyl (C=O) groups excluding carboxylic acids is 2. The van der Waals surface area contributed by atoms with Gasteiger partial charge in [0.2, 0.25) is 11.8 Å². The molecule has 0 aromatic heterocycles. The second-order valence-corrected chi connectivity index (χ2v) is 3.88. The minimum Gasteiger partial charge on any atom is -0.390 e. The van der Waals surface area contributed by atoms with Crippen molar-refractivity contribution in [1.29, 1.82) is 0 Å². The van der Waals surface area contributed by atoms with E-state index in [9.17, 15) is 23.5 Å². The molecule has 2 amide bonds. The zero-order valence-corrected chi connectivity index (χ0v) is 9.11. The van der Waals surface area contributed by atoms with Crippen molar-refractivity contribution in [3.8, 4) is 0 Å². The molecule has 96 valence electrons. The SMILES string of the molecule is O=C1NCC(O)C1C(=O)Nc1cccc(F)c1F. The Bertz CT molecular complexity index is 507. The van der Waals surface area contributed by atoms with E-state index in [0.717, 1.165) is 12.1 Å². The first kappa shape index (κ1) is 12.4. The van der Waals surface area contributed by atoms with Gasteiger partial charge in [-0.25, -0.2) is 8.78 Å². The average Bonchev–Trinajstić information content (AvgIpc) is 2.65. The van der Waals surface area contributed by atoms with Gasteiger partial charge in [0, 0.05) is 6.54 Å². The summed E-state index contributed by atoms with van der Waals surface area (Å²) in [5, 5.41) is 13.8. The molecule has 0 bridgehead atoms. The molecule has 0 radical (unpaired) electrons.